The third-order valence-electron chi connectivity index (χ3n) is 3.40. The normalized spacial score (nSPS) is 24.4. The van der Waals surface area contributed by atoms with Crippen molar-refractivity contribution in [2.45, 2.75) is 97.5 Å². The molecule has 0 atom stereocenters. The zero-order chi connectivity index (χ0) is 18.3. The molecule has 0 bridgehead atoms. The van der Waals surface area contributed by atoms with E-state index in [-0.39, 0.29) is 12.2 Å². The number of aliphatic carboxylic acids is 1. The van der Waals surface area contributed by atoms with Crippen LogP contribution in [0, 0.1) is 0 Å². The number of carboxylic acid groups (broad SMARTS) is 1. The van der Waals surface area contributed by atoms with E-state index in [1.165, 1.54) is 0 Å². The smallest absolute Gasteiger partial charge is 0.408 e. The molecule has 0 heterocycles. The molecule has 0 saturated heterocycles. The van der Waals surface area contributed by atoms with Crippen molar-refractivity contribution in [3.63, 3.8) is 0 Å². The summed E-state index contributed by atoms with van der Waals surface area (Å²) < 4.78 is 10.9. The lowest BCUT2D eigenvalue weighted by molar-refractivity contribution is -0.148. The second kappa shape index (κ2) is 9.11. The van der Waals surface area contributed by atoms with Crippen LogP contribution in [0.2, 0.25) is 0 Å². The molecule has 2 N–H and O–H groups in total. The molecule has 0 unspecified atom stereocenters. The minimum atomic E-state index is -1.25. The van der Waals surface area contributed by atoms with E-state index < -0.39 is 23.2 Å². The first kappa shape index (κ1) is 21.7. The molecule has 0 radical (unpaired) electrons. The average molecular weight is 331 g/mol. The zero-order valence-electron chi connectivity index (χ0n) is 15.6. The maximum atomic E-state index is 11.9. The van der Waals surface area contributed by atoms with Crippen LogP contribution in [0.3, 0.4) is 0 Å². The molecule has 6 heteroatoms. The number of rotatable bonds is 4. The van der Waals surface area contributed by atoms with Crippen LogP contribution in [0.1, 0.15) is 74.1 Å². The monoisotopic (exact) mass is 331 g/mol. The summed E-state index contributed by atoms with van der Waals surface area (Å²) in [4.78, 5) is 23.5. The van der Waals surface area contributed by atoms with Gasteiger partial charge in [-0.1, -0.05) is 13.8 Å². The summed E-state index contributed by atoms with van der Waals surface area (Å²) in [6.07, 6.45) is 1.40. The molecule has 6 nitrogen and oxygen atoms in total. The Morgan fingerprint density at radius 3 is 2.00 bits per heavy atom. The Morgan fingerprint density at radius 1 is 1.17 bits per heavy atom. The number of alkyl carbamates (subject to hydrolysis) is 1. The van der Waals surface area contributed by atoms with Crippen LogP contribution in [-0.2, 0) is 14.3 Å². The van der Waals surface area contributed by atoms with Gasteiger partial charge in [-0.25, -0.2) is 9.59 Å². The van der Waals surface area contributed by atoms with Gasteiger partial charge in [-0.15, -0.1) is 0 Å². The molecule has 0 aromatic rings. The fourth-order valence-electron chi connectivity index (χ4n) is 2.50. The number of nitrogens with one attached hydrogen (secondary N) is 1. The van der Waals surface area contributed by atoms with Crippen LogP contribution in [0.5, 0.6) is 0 Å². The van der Waals surface area contributed by atoms with Crippen LogP contribution in [0.15, 0.2) is 0 Å². The molecule has 1 fully saturated rings. The Balaban J connectivity index is 0.00000232. The van der Waals surface area contributed by atoms with E-state index in [0.29, 0.717) is 25.7 Å². The van der Waals surface area contributed by atoms with Crippen LogP contribution < -0.4 is 5.32 Å². The Bertz CT molecular complexity index is 379. The molecule has 1 aliphatic rings. The van der Waals surface area contributed by atoms with E-state index in [1.54, 1.807) is 20.8 Å². The molecule has 1 saturated carbocycles. The Hall–Kier alpha value is -1.30. The van der Waals surface area contributed by atoms with Crippen molar-refractivity contribution < 1.29 is 24.2 Å². The van der Waals surface area contributed by atoms with Crippen molar-refractivity contribution >= 4 is 12.1 Å². The van der Waals surface area contributed by atoms with Gasteiger partial charge in [0.15, 0.2) is 0 Å². The molecule has 1 aliphatic carbocycles. The van der Waals surface area contributed by atoms with Gasteiger partial charge in [0.05, 0.1) is 12.2 Å². The lowest BCUT2D eigenvalue weighted by Gasteiger charge is -2.38. The number of hydrogen-bond donors (Lipinski definition) is 2. The first-order valence-corrected chi connectivity index (χ1v) is 8.44. The molecule has 23 heavy (non-hydrogen) atoms. The third-order valence-corrected chi connectivity index (χ3v) is 3.40. The first-order valence-electron chi connectivity index (χ1n) is 8.44. The highest BCUT2D eigenvalue weighted by Gasteiger charge is 2.44. The van der Waals surface area contributed by atoms with E-state index in [4.69, 9.17) is 9.47 Å². The summed E-state index contributed by atoms with van der Waals surface area (Å²) in [7, 11) is 0. The highest BCUT2D eigenvalue weighted by atomic mass is 16.6. The summed E-state index contributed by atoms with van der Waals surface area (Å²) in [6, 6.07) is 0. The third kappa shape index (κ3) is 7.68. The molecule has 0 aliphatic heterocycles. The van der Waals surface area contributed by atoms with Crippen molar-refractivity contribution in [3.05, 3.63) is 0 Å². The minimum Gasteiger partial charge on any atom is -0.480 e. The summed E-state index contributed by atoms with van der Waals surface area (Å²) in [5.74, 6) is -1.02. The van der Waals surface area contributed by atoms with Crippen molar-refractivity contribution in [3.8, 4) is 0 Å². The summed E-state index contributed by atoms with van der Waals surface area (Å²) in [5, 5.41) is 12.0. The van der Waals surface area contributed by atoms with Crippen molar-refractivity contribution in [2.75, 3.05) is 0 Å². The van der Waals surface area contributed by atoms with Gasteiger partial charge in [0, 0.05) is 0 Å². The van der Waals surface area contributed by atoms with Gasteiger partial charge in [0.1, 0.15) is 11.1 Å². The molecule has 0 spiro atoms. The first-order chi connectivity index (χ1) is 10.5. The number of carbonyl (C=O) groups excluding carboxylic acids is 1. The van der Waals surface area contributed by atoms with Gasteiger partial charge < -0.3 is 19.9 Å². The van der Waals surface area contributed by atoms with E-state index in [1.807, 2.05) is 27.7 Å². The Kier molecular flexibility index (Phi) is 8.59. The molecule has 1 rings (SSSR count). The lowest BCUT2D eigenvalue weighted by Crippen LogP contribution is -2.57. The second-order valence-electron chi connectivity index (χ2n) is 6.90. The van der Waals surface area contributed by atoms with Crippen LogP contribution in [0.4, 0.5) is 4.79 Å². The maximum absolute atomic E-state index is 11.9. The van der Waals surface area contributed by atoms with Gasteiger partial charge in [-0.2, -0.15) is 0 Å². The topological polar surface area (TPSA) is 84.9 Å². The Morgan fingerprint density at radius 2 is 1.65 bits per heavy atom. The average Bonchev–Trinajstić information content (AvgIpc) is 2.40. The lowest BCUT2D eigenvalue weighted by atomic mass is 9.80. The van der Waals surface area contributed by atoms with Crippen LogP contribution in [-0.4, -0.2) is 40.5 Å². The summed E-state index contributed by atoms with van der Waals surface area (Å²) in [5.41, 5.74) is -1.90. The van der Waals surface area contributed by atoms with Gasteiger partial charge in [-0.3, -0.25) is 0 Å². The number of hydrogen-bond acceptors (Lipinski definition) is 4. The highest BCUT2D eigenvalue weighted by Crippen LogP contribution is 2.31. The molecule has 0 aromatic carbocycles. The largest absolute Gasteiger partial charge is 0.480 e. The fourth-order valence-corrected chi connectivity index (χ4v) is 2.50. The van der Waals surface area contributed by atoms with Crippen molar-refractivity contribution in [1.82, 2.24) is 5.32 Å². The SMILES string of the molecule is CC.CC(C)OC1CCC(NC(=O)OC(C)(C)C)(C(=O)O)CC1. The molecule has 0 aromatic heterocycles. The zero-order valence-corrected chi connectivity index (χ0v) is 15.6. The quantitative estimate of drug-likeness (QED) is 0.820. The van der Waals surface area contributed by atoms with Crippen molar-refractivity contribution in [1.29, 1.82) is 0 Å². The van der Waals surface area contributed by atoms with E-state index >= 15 is 0 Å². The standard InChI is InChI=1S/C15H27NO5.C2H6/c1-10(2)20-11-6-8-15(9-7-11,12(17)18)16-13(19)21-14(3,4)5;1-2/h10-11H,6-9H2,1-5H3,(H,16,19)(H,17,18);1-2H3. The second-order valence-corrected chi connectivity index (χ2v) is 6.90. The molecule has 1 amide bonds. The molecular formula is C17H33NO5. The van der Waals surface area contributed by atoms with E-state index in [9.17, 15) is 14.7 Å². The van der Waals surface area contributed by atoms with Gasteiger partial charge in [0.25, 0.3) is 0 Å². The van der Waals surface area contributed by atoms with Crippen molar-refractivity contribution in [2.24, 2.45) is 0 Å². The van der Waals surface area contributed by atoms with E-state index in [0.717, 1.165) is 0 Å². The molecule has 136 valence electrons. The maximum Gasteiger partial charge on any atom is 0.408 e. The minimum absolute atomic E-state index is 0.0536. The van der Waals surface area contributed by atoms with Gasteiger partial charge in [-0.05, 0) is 60.3 Å². The van der Waals surface area contributed by atoms with Gasteiger partial charge in [0.2, 0.25) is 0 Å². The highest BCUT2D eigenvalue weighted by molar-refractivity contribution is 5.84. The number of carboxylic acids is 1. The predicted molar refractivity (Wildman–Crippen MR) is 89.6 cm³/mol. The van der Waals surface area contributed by atoms with E-state index in [2.05, 4.69) is 5.32 Å². The fraction of sp³-hybridized carbons (Fsp3) is 0.882. The van der Waals surface area contributed by atoms with Gasteiger partial charge >= 0.3 is 12.1 Å². The number of ether oxygens (including phenoxy) is 2. The van der Waals surface area contributed by atoms with Crippen LogP contribution >= 0.6 is 0 Å². The molecular weight excluding hydrogens is 298 g/mol. The number of amides is 1. The Labute approximate surface area is 139 Å². The summed E-state index contributed by atoms with van der Waals surface area (Å²) >= 11 is 0. The summed E-state index contributed by atoms with van der Waals surface area (Å²) in [6.45, 7) is 13.1. The predicted octanol–water partition coefficient (Wildman–Crippen LogP) is 3.73. The van der Waals surface area contributed by atoms with Crippen LogP contribution in [0.25, 0.3) is 0 Å². The number of carbonyl (C=O) groups is 2.